The maximum absolute atomic E-state index is 4.75. The van der Waals surface area contributed by atoms with E-state index in [0.717, 1.165) is 18.8 Å². The number of anilines is 3. The summed E-state index contributed by atoms with van der Waals surface area (Å²) >= 11 is 0. The van der Waals surface area contributed by atoms with Gasteiger partial charge in [0, 0.05) is 23.2 Å². The number of rotatable bonds is 5. The molecule has 2 N–H and O–H groups in total. The third kappa shape index (κ3) is 4.28. The molecule has 6 heteroatoms. The van der Waals surface area contributed by atoms with Crippen LogP contribution in [0.25, 0.3) is 0 Å². The van der Waals surface area contributed by atoms with Crippen LogP contribution < -0.4 is 15.5 Å². The molecule has 0 atom stereocenters. The van der Waals surface area contributed by atoms with Crippen molar-refractivity contribution >= 4 is 17.8 Å². The van der Waals surface area contributed by atoms with E-state index >= 15 is 0 Å². The van der Waals surface area contributed by atoms with Gasteiger partial charge in [0.15, 0.2) is 0 Å². The Bertz CT molecular complexity index is 520. The summed E-state index contributed by atoms with van der Waals surface area (Å²) < 4.78 is 0. The average Bonchev–Trinajstić information content (AvgIpc) is 2.33. The van der Waals surface area contributed by atoms with Crippen LogP contribution in [0.15, 0.2) is 0 Å². The SMILES string of the molecule is CC(C)Nc1nc(NC(C)C)nc(N2C(C)(C)CCCC2(C)C)n1. The van der Waals surface area contributed by atoms with Gasteiger partial charge in [0.25, 0.3) is 0 Å². The first-order chi connectivity index (χ1) is 11.0. The normalized spacial score (nSPS) is 19.7. The van der Waals surface area contributed by atoms with Crippen LogP contribution in [0.5, 0.6) is 0 Å². The molecule has 6 nitrogen and oxygen atoms in total. The molecule has 0 aromatic carbocycles. The number of hydrogen-bond donors (Lipinski definition) is 2. The predicted molar refractivity (Wildman–Crippen MR) is 102 cm³/mol. The van der Waals surface area contributed by atoms with Crippen molar-refractivity contribution in [2.75, 3.05) is 15.5 Å². The smallest absolute Gasteiger partial charge is 0.232 e. The van der Waals surface area contributed by atoms with E-state index in [-0.39, 0.29) is 23.2 Å². The van der Waals surface area contributed by atoms with Crippen molar-refractivity contribution in [3.8, 4) is 0 Å². The maximum atomic E-state index is 4.75. The van der Waals surface area contributed by atoms with Gasteiger partial charge < -0.3 is 15.5 Å². The standard InChI is InChI=1S/C18H34N6/c1-12(2)19-14-21-15(20-13(3)4)23-16(22-14)24-17(5,6)10-9-11-18(24,7)8/h12-13H,9-11H2,1-8H3,(H2,19,20,21,22,23). The summed E-state index contributed by atoms with van der Waals surface area (Å²) in [5.41, 5.74) is 0.0423. The summed E-state index contributed by atoms with van der Waals surface area (Å²) in [5, 5.41) is 6.65. The Kier molecular flexibility index (Phi) is 5.25. The molecule has 2 heterocycles. The van der Waals surface area contributed by atoms with Gasteiger partial charge in [-0.15, -0.1) is 0 Å². The van der Waals surface area contributed by atoms with E-state index in [0.29, 0.717) is 11.9 Å². The van der Waals surface area contributed by atoms with Crippen molar-refractivity contribution < 1.29 is 0 Å². The van der Waals surface area contributed by atoms with Crippen LogP contribution in [0.2, 0.25) is 0 Å². The fourth-order valence-electron chi connectivity index (χ4n) is 3.65. The Morgan fingerprint density at radius 3 is 1.58 bits per heavy atom. The van der Waals surface area contributed by atoms with E-state index < -0.39 is 0 Å². The second-order valence-corrected chi connectivity index (χ2v) is 8.69. The second-order valence-electron chi connectivity index (χ2n) is 8.69. The van der Waals surface area contributed by atoms with Crippen molar-refractivity contribution in [1.82, 2.24) is 15.0 Å². The molecule has 0 saturated carbocycles. The minimum atomic E-state index is 0.0211. The zero-order valence-electron chi connectivity index (χ0n) is 16.6. The molecular weight excluding hydrogens is 300 g/mol. The Morgan fingerprint density at radius 2 is 1.21 bits per heavy atom. The second kappa shape index (κ2) is 6.73. The maximum Gasteiger partial charge on any atom is 0.232 e. The summed E-state index contributed by atoms with van der Waals surface area (Å²) in [5.74, 6) is 2.02. The molecular formula is C18H34N6. The van der Waals surface area contributed by atoms with E-state index in [1.54, 1.807) is 0 Å². The van der Waals surface area contributed by atoms with Gasteiger partial charge in [-0.05, 0) is 74.7 Å². The average molecular weight is 335 g/mol. The van der Waals surface area contributed by atoms with Crippen molar-refractivity contribution in [3.05, 3.63) is 0 Å². The molecule has 1 aliphatic rings. The number of aromatic nitrogens is 3. The lowest BCUT2D eigenvalue weighted by Gasteiger charge is -2.52. The van der Waals surface area contributed by atoms with Gasteiger partial charge in [0.1, 0.15) is 0 Å². The quantitative estimate of drug-likeness (QED) is 0.846. The summed E-state index contributed by atoms with van der Waals surface area (Å²) in [6.45, 7) is 17.5. The molecule has 1 saturated heterocycles. The molecule has 0 unspecified atom stereocenters. The van der Waals surface area contributed by atoms with Crippen LogP contribution in [0.1, 0.15) is 74.7 Å². The first kappa shape index (κ1) is 18.7. The highest BCUT2D eigenvalue weighted by molar-refractivity contribution is 5.48. The summed E-state index contributed by atoms with van der Waals surface area (Å²) in [7, 11) is 0. The molecule has 1 fully saturated rings. The highest BCUT2D eigenvalue weighted by atomic mass is 15.4. The Hall–Kier alpha value is -1.59. The van der Waals surface area contributed by atoms with Crippen LogP contribution in [0.4, 0.5) is 17.8 Å². The van der Waals surface area contributed by atoms with Gasteiger partial charge in [0.2, 0.25) is 17.8 Å². The van der Waals surface area contributed by atoms with Crippen LogP contribution in [-0.2, 0) is 0 Å². The summed E-state index contributed by atoms with van der Waals surface area (Å²) in [6, 6.07) is 0.545. The van der Waals surface area contributed by atoms with Crippen molar-refractivity contribution in [2.24, 2.45) is 0 Å². The molecule has 136 valence electrons. The Morgan fingerprint density at radius 1 is 0.792 bits per heavy atom. The third-order valence-corrected chi connectivity index (χ3v) is 4.45. The predicted octanol–water partition coefficient (Wildman–Crippen LogP) is 4.06. The molecule has 2 rings (SSSR count). The monoisotopic (exact) mass is 334 g/mol. The molecule has 0 spiro atoms. The van der Waals surface area contributed by atoms with E-state index in [2.05, 4.69) is 75.9 Å². The van der Waals surface area contributed by atoms with Crippen LogP contribution in [0, 0.1) is 0 Å². The Balaban J connectivity index is 2.49. The van der Waals surface area contributed by atoms with E-state index in [1.807, 2.05) is 0 Å². The molecule has 1 aliphatic heterocycles. The molecule has 0 radical (unpaired) electrons. The van der Waals surface area contributed by atoms with Crippen molar-refractivity contribution in [1.29, 1.82) is 0 Å². The lowest BCUT2D eigenvalue weighted by molar-refractivity contribution is 0.239. The van der Waals surface area contributed by atoms with Gasteiger partial charge >= 0.3 is 0 Å². The van der Waals surface area contributed by atoms with Gasteiger partial charge in [-0.25, -0.2) is 0 Å². The zero-order chi connectivity index (χ0) is 18.1. The van der Waals surface area contributed by atoms with Gasteiger partial charge in [-0.1, -0.05) is 0 Å². The minimum absolute atomic E-state index is 0.0211. The van der Waals surface area contributed by atoms with Gasteiger partial charge in [-0.3, -0.25) is 0 Å². The summed E-state index contributed by atoms with van der Waals surface area (Å²) in [6.07, 6.45) is 3.51. The topological polar surface area (TPSA) is 66.0 Å². The highest BCUT2D eigenvalue weighted by Crippen LogP contribution is 2.40. The molecule has 0 bridgehead atoms. The van der Waals surface area contributed by atoms with E-state index in [4.69, 9.17) is 9.97 Å². The van der Waals surface area contributed by atoms with Crippen molar-refractivity contribution in [2.45, 2.75) is 97.8 Å². The number of hydrogen-bond acceptors (Lipinski definition) is 6. The van der Waals surface area contributed by atoms with Crippen molar-refractivity contribution in [3.63, 3.8) is 0 Å². The summed E-state index contributed by atoms with van der Waals surface area (Å²) in [4.78, 5) is 16.4. The fourth-order valence-corrected chi connectivity index (χ4v) is 3.65. The zero-order valence-corrected chi connectivity index (χ0v) is 16.6. The van der Waals surface area contributed by atoms with Gasteiger partial charge in [-0.2, -0.15) is 15.0 Å². The highest BCUT2D eigenvalue weighted by Gasteiger charge is 2.43. The first-order valence-corrected chi connectivity index (χ1v) is 9.11. The molecule has 1 aromatic heterocycles. The largest absolute Gasteiger partial charge is 0.352 e. The lowest BCUT2D eigenvalue weighted by Crippen LogP contribution is -2.59. The molecule has 1 aromatic rings. The number of nitrogens with one attached hydrogen (secondary N) is 2. The first-order valence-electron chi connectivity index (χ1n) is 9.11. The Labute approximate surface area is 146 Å². The van der Waals surface area contributed by atoms with Crippen LogP contribution in [0.3, 0.4) is 0 Å². The van der Waals surface area contributed by atoms with E-state index in [9.17, 15) is 0 Å². The molecule has 0 aliphatic carbocycles. The third-order valence-electron chi connectivity index (χ3n) is 4.45. The van der Waals surface area contributed by atoms with Gasteiger partial charge in [0.05, 0.1) is 0 Å². The fraction of sp³-hybridized carbons (Fsp3) is 0.833. The van der Waals surface area contributed by atoms with Crippen LogP contribution >= 0.6 is 0 Å². The van der Waals surface area contributed by atoms with Crippen LogP contribution in [-0.4, -0.2) is 38.1 Å². The molecule has 0 amide bonds. The number of nitrogens with zero attached hydrogens (tertiary/aromatic N) is 4. The number of piperidine rings is 1. The molecule has 24 heavy (non-hydrogen) atoms. The minimum Gasteiger partial charge on any atom is -0.352 e. The van der Waals surface area contributed by atoms with E-state index in [1.165, 1.54) is 6.42 Å². The lowest BCUT2D eigenvalue weighted by atomic mass is 9.80.